The number of nitrogens with zero attached hydrogens (tertiary/aromatic N) is 3. The Kier molecular flexibility index (Phi) is 5.80. The summed E-state index contributed by atoms with van der Waals surface area (Å²) in [6, 6.07) is 22.3. The van der Waals surface area contributed by atoms with Crippen LogP contribution in [0.4, 0.5) is 16.2 Å². The van der Waals surface area contributed by atoms with E-state index in [1.165, 1.54) is 4.90 Å². The second-order valence-electron chi connectivity index (χ2n) is 12.8. The van der Waals surface area contributed by atoms with Gasteiger partial charge in [0.15, 0.2) is 0 Å². The molecule has 4 amide bonds. The molecule has 1 saturated heterocycles. The Morgan fingerprint density at radius 1 is 0.884 bits per heavy atom. The number of likely N-dealkylation sites (N-methyl/N-ethyl adjacent to an activating group) is 1. The molecule has 0 aliphatic carbocycles. The van der Waals surface area contributed by atoms with Crippen LogP contribution in [0.2, 0.25) is 0 Å². The number of imide groups is 1. The number of carbonyl (C=O) groups is 4. The third kappa shape index (κ3) is 3.51. The van der Waals surface area contributed by atoms with Crippen LogP contribution in [0.1, 0.15) is 65.5 Å². The van der Waals surface area contributed by atoms with Crippen LogP contribution in [0.15, 0.2) is 72.8 Å². The second kappa shape index (κ2) is 9.17. The number of anilines is 2. The molecule has 0 bridgehead atoms. The van der Waals surface area contributed by atoms with Gasteiger partial charge >= 0.3 is 6.09 Å². The van der Waals surface area contributed by atoms with Gasteiger partial charge in [-0.05, 0) is 69.0 Å². The van der Waals surface area contributed by atoms with Crippen molar-refractivity contribution < 1.29 is 23.9 Å². The zero-order chi connectivity index (χ0) is 30.3. The summed E-state index contributed by atoms with van der Waals surface area (Å²) in [5.74, 6) is -0.821. The zero-order valence-corrected chi connectivity index (χ0v) is 24.7. The van der Waals surface area contributed by atoms with Gasteiger partial charge in [0, 0.05) is 25.8 Å². The Morgan fingerprint density at radius 3 is 2.07 bits per heavy atom. The fraction of sp³-hybridized carbons (Fsp3) is 0.353. The molecule has 0 radical (unpaired) electrons. The lowest BCUT2D eigenvalue weighted by Gasteiger charge is -2.57. The van der Waals surface area contributed by atoms with Crippen molar-refractivity contribution in [1.82, 2.24) is 10.2 Å². The third-order valence-corrected chi connectivity index (χ3v) is 9.57. The van der Waals surface area contributed by atoms with Crippen LogP contribution >= 0.6 is 0 Å². The number of hydrogen-bond acceptors (Lipinski definition) is 6. The van der Waals surface area contributed by atoms with E-state index in [-0.39, 0.29) is 30.7 Å². The van der Waals surface area contributed by atoms with Crippen molar-refractivity contribution in [2.24, 2.45) is 0 Å². The molecule has 9 nitrogen and oxygen atoms in total. The molecule has 43 heavy (non-hydrogen) atoms. The number of benzene rings is 3. The Hall–Kier alpha value is -4.66. The molecule has 9 heteroatoms. The van der Waals surface area contributed by atoms with Crippen LogP contribution in [0.3, 0.4) is 0 Å². The topological polar surface area (TPSA) is 99.3 Å². The van der Waals surface area contributed by atoms with Gasteiger partial charge in [0.1, 0.15) is 11.8 Å². The van der Waals surface area contributed by atoms with E-state index in [4.69, 9.17) is 4.74 Å². The number of hydrogen-bond donors (Lipinski definition) is 1. The smallest absolute Gasteiger partial charge is 0.416 e. The molecule has 4 aliphatic heterocycles. The predicted molar refractivity (Wildman–Crippen MR) is 161 cm³/mol. The minimum Gasteiger partial charge on any atom is -0.443 e. The average Bonchev–Trinajstić information content (AvgIpc) is 3.57. The summed E-state index contributed by atoms with van der Waals surface area (Å²) in [5.41, 5.74) is 1.03. The lowest BCUT2D eigenvalue weighted by Crippen LogP contribution is -2.70. The molecular weight excluding hydrogens is 544 g/mol. The van der Waals surface area contributed by atoms with Gasteiger partial charge in [0.05, 0.1) is 27.6 Å². The molecule has 1 fully saturated rings. The standard InChI is InChI=1S/C34H34N4O5/c1-32(2,3)43-31(42)38-26-16-10-8-14-24(26)33(17-19-35-29(33)41)34(23-13-7-9-15-25(23)36(4)30(34)38)18-20-37-27(39)21-11-5-6-12-22(21)28(37)40/h5-16,30H,17-20H2,1-4H3,(H,35,41)/t30-,33-,34+/m0/s1. The first-order valence-corrected chi connectivity index (χ1v) is 14.7. The summed E-state index contributed by atoms with van der Waals surface area (Å²) in [5, 5.41) is 3.11. The monoisotopic (exact) mass is 578 g/mol. The maximum absolute atomic E-state index is 14.4. The third-order valence-electron chi connectivity index (χ3n) is 9.57. The molecule has 1 spiro atoms. The molecule has 0 unspecified atom stereocenters. The van der Waals surface area contributed by atoms with Crippen LogP contribution < -0.4 is 15.1 Å². The second-order valence-corrected chi connectivity index (χ2v) is 12.8. The lowest BCUT2D eigenvalue weighted by atomic mass is 9.51. The highest BCUT2D eigenvalue weighted by Crippen LogP contribution is 2.65. The van der Waals surface area contributed by atoms with Gasteiger partial charge in [-0.3, -0.25) is 24.2 Å². The summed E-state index contributed by atoms with van der Waals surface area (Å²) in [4.78, 5) is 60.6. The van der Waals surface area contributed by atoms with E-state index in [0.717, 1.165) is 16.8 Å². The predicted octanol–water partition coefficient (Wildman–Crippen LogP) is 4.60. The van der Waals surface area contributed by atoms with Gasteiger partial charge in [0.25, 0.3) is 11.8 Å². The normalized spacial score (nSPS) is 25.4. The first-order chi connectivity index (χ1) is 20.5. The Bertz CT molecular complexity index is 1680. The number of nitrogens with one attached hydrogen (secondary N) is 1. The molecule has 0 saturated carbocycles. The molecule has 4 aliphatic rings. The minimum absolute atomic E-state index is 0.0738. The van der Waals surface area contributed by atoms with Gasteiger partial charge in [-0.15, -0.1) is 0 Å². The zero-order valence-electron chi connectivity index (χ0n) is 24.7. The van der Waals surface area contributed by atoms with Crippen molar-refractivity contribution in [3.8, 4) is 0 Å². The maximum atomic E-state index is 14.4. The molecule has 3 aromatic rings. The SMILES string of the molecule is CN1c2ccccc2[C@]2(CCN3C(=O)c4ccccc4C3=O)[C@@H]1N(C(=O)OC(C)(C)C)c1ccccc1[C@]21CCNC1=O. The van der Waals surface area contributed by atoms with Gasteiger partial charge in [0.2, 0.25) is 5.91 Å². The van der Waals surface area contributed by atoms with Crippen molar-refractivity contribution in [3.05, 3.63) is 95.1 Å². The van der Waals surface area contributed by atoms with Crippen LogP contribution in [-0.2, 0) is 20.4 Å². The van der Waals surface area contributed by atoms with E-state index in [9.17, 15) is 19.2 Å². The van der Waals surface area contributed by atoms with Gasteiger partial charge < -0.3 is 15.0 Å². The van der Waals surface area contributed by atoms with Crippen LogP contribution in [0.5, 0.6) is 0 Å². The Labute approximate surface area is 250 Å². The van der Waals surface area contributed by atoms with Crippen LogP contribution in [0, 0.1) is 0 Å². The highest BCUT2D eigenvalue weighted by Gasteiger charge is 2.72. The van der Waals surface area contributed by atoms with Crippen molar-refractivity contribution in [3.63, 3.8) is 0 Å². The summed E-state index contributed by atoms with van der Waals surface area (Å²) in [6.07, 6.45) is -0.450. The lowest BCUT2D eigenvalue weighted by molar-refractivity contribution is -0.127. The minimum atomic E-state index is -1.08. The van der Waals surface area contributed by atoms with Crippen molar-refractivity contribution in [2.45, 2.75) is 56.2 Å². The first kappa shape index (κ1) is 27.2. The molecule has 4 heterocycles. The molecule has 3 aromatic carbocycles. The highest BCUT2D eigenvalue weighted by molar-refractivity contribution is 6.21. The number of para-hydroxylation sites is 2. The van der Waals surface area contributed by atoms with E-state index in [2.05, 4.69) is 5.32 Å². The van der Waals surface area contributed by atoms with E-state index in [0.29, 0.717) is 29.8 Å². The largest absolute Gasteiger partial charge is 0.443 e. The fourth-order valence-electron chi connectivity index (χ4n) is 8.05. The van der Waals surface area contributed by atoms with Crippen molar-refractivity contribution in [2.75, 3.05) is 29.9 Å². The number of carbonyl (C=O) groups excluding carboxylic acids is 4. The Morgan fingerprint density at radius 2 is 1.47 bits per heavy atom. The van der Waals surface area contributed by atoms with Gasteiger partial charge in [-0.2, -0.15) is 0 Å². The van der Waals surface area contributed by atoms with Crippen molar-refractivity contribution >= 4 is 35.2 Å². The van der Waals surface area contributed by atoms with E-state index >= 15 is 0 Å². The van der Waals surface area contributed by atoms with Crippen LogP contribution in [-0.4, -0.2) is 60.6 Å². The molecular formula is C34H34N4O5. The fourth-order valence-corrected chi connectivity index (χ4v) is 8.05. The summed E-state index contributed by atoms with van der Waals surface area (Å²) in [7, 11) is 1.93. The first-order valence-electron chi connectivity index (χ1n) is 14.7. The van der Waals surface area contributed by atoms with Crippen molar-refractivity contribution in [1.29, 1.82) is 0 Å². The Balaban J connectivity index is 1.46. The quantitative estimate of drug-likeness (QED) is 0.456. The molecule has 220 valence electrons. The molecule has 1 N–H and O–H groups in total. The molecule has 7 rings (SSSR count). The summed E-state index contributed by atoms with van der Waals surface area (Å²) >= 11 is 0. The summed E-state index contributed by atoms with van der Waals surface area (Å²) < 4.78 is 6.01. The highest BCUT2D eigenvalue weighted by atomic mass is 16.6. The van der Waals surface area contributed by atoms with Gasteiger partial charge in [-0.25, -0.2) is 4.79 Å². The van der Waals surface area contributed by atoms with Crippen LogP contribution in [0.25, 0.3) is 0 Å². The number of ether oxygens (including phenoxy) is 1. The number of fused-ring (bicyclic) bond motifs is 7. The van der Waals surface area contributed by atoms with E-state index < -0.39 is 28.7 Å². The maximum Gasteiger partial charge on any atom is 0.416 e. The molecule has 3 atom stereocenters. The van der Waals surface area contributed by atoms with E-state index in [1.807, 2.05) is 81.2 Å². The van der Waals surface area contributed by atoms with E-state index in [1.54, 1.807) is 29.2 Å². The number of rotatable bonds is 3. The number of amides is 4. The average molecular weight is 579 g/mol. The summed E-state index contributed by atoms with van der Waals surface area (Å²) in [6.45, 7) is 6.03. The van der Waals surface area contributed by atoms with Gasteiger partial charge in [-0.1, -0.05) is 48.5 Å². The molecule has 0 aromatic heterocycles.